The Hall–Kier alpha value is 0.359. The van der Waals surface area contributed by atoms with Crippen LogP contribution in [0.3, 0.4) is 0 Å². The van der Waals surface area contributed by atoms with Crippen molar-refractivity contribution in [3.63, 3.8) is 0 Å². The largest absolute Gasteiger partial charge is 0.395 e. The smallest absolute Gasteiger partial charge is 0.0555 e. The fraction of sp³-hybridized carbons (Fsp3) is 1.00. The van der Waals surface area contributed by atoms with Gasteiger partial charge in [0.15, 0.2) is 0 Å². The average Bonchev–Trinajstić information content (AvgIpc) is 1.93. The molecule has 0 unspecified atom stereocenters. The van der Waals surface area contributed by atoms with E-state index >= 15 is 0 Å². The third kappa shape index (κ3) is 38.1. The fourth-order valence-electron chi connectivity index (χ4n) is 0.224. The third-order valence-corrected chi connectivity index (χ3v) is 0.724. The molecule has 0 bridgehead atoms. The van der Waals surface area contributed by atoms with E-state index in [0.29, 0.717) is 13.1 Å². The standard InChI is InChI=1S/2C3H9NO.Cu/c2*1-4-2-3-5;/h2*4-5H,2-3H2,1H3;. The Labute approximate surface area is 78.9 Å². The van der Waals surface area contributed by atoms with Crippen LogP contribution in [0, 0.1) is 0 Å². The van der Waals surface area contributed by atoms with Gasteiger partial charge in [-0.15, -0.1) is 0 Å². The molecule has 0 aromatic carbocycles. The van der Waals surface area contributed by atoms with Gasteiger partial charge in [-0.1, -0.05) is 0 Å². The summed E-state index contributed by atoms with van der Waals surface area (Å²) in [6, 6.07) is 0. The predicted molar refractivity (Wildman–Crippen MR) is 42.0 cm³/mol. The summed E-state index contributed by atoms with van der Waals surface area (Å²) in [6.45, 7) is 1.85. The molecular weight excluding hydrogens is 196 g/mol. The summed E-state index contributed by atoms with van der Waals surface area (Å²) in [6.07, 6.45) is 0. The van der Waals surface area contributed by atoms with Gasteiger partial charge < -0.3 is 20.8 Å². The molecular formula is C6H18CuN2O2. The van der Waals surface area contributed by atoms with E-state index in [1.165, 1.54) is 0 Å². The minimum atomic E-state index is 0. The molecule has 5 heteroatoms. The number of likely N-dealkylation sites (N-methyl/N-ethyl adjacent to an activating group) is 2. The van der Waals surface area contributed by atoms with Crippen LogP contribution in [-0.2, 0) is 17.1 Å². The number of nitrogens with one attached hydrogen (secondary N) is 2. The SMILES string of the molecule is CNCCO.CNCCO.[Cu]. The van der Waals surface area contributed by atoms with Crippen LogP contribution in [0.5, 0.6) is 0 Å². The van der Waals surface area contributed by atoms with Crippen LogP contribution in [0.15, 0.2) is 0 Å². The zero-order valence-corrected chi connectivity index (χ0v) is 7.97. The van der Waals surface area contributed by atoms with Crippen LogP contribution >= 0.6 is 0 Å². The Morgan fingerprint density at radius 3 is 1.18 bits per heavy atom. The fourth-order valence-corrected chi connectivity index (χ4v) is 0.224. The molecule has 0 aliphatic heterocycles. The monoisotopic (exact) mass is 213 g/mol. The number of aliphatic hydroxyl groups is 2. The van der Waals surface area contributed by atoms with Gasteiger partial charge in [0.05, 0.1) is 13.2 Å². The maximum absolute atomic E-state index is 8.00. The van der Waals surface area contributed by atoms with Gasteiger partial charge in [0.25, 0.3) is 0 Å². The Morgan fingerprint density at radius 1 is 0.909 bits per heavy atom. The van der Waals surface area contributed by atoms with E-state index in [4.69, 9.17) is 10.2 Å². The molecule has 0 aromatic heterocycles. The predicted octanol–water partition coefficient (Wildman–Crippen LogP) is -1.61. The van der Waals surface area contributed by atoms with Crippen molar-refractivity contribution in [1.82, 2.24) is 10.6 Å². The molecule has 4 nitrogen and oxygen atoms in total. The van der Waals surface area contributed by atoms with Crippen LogP contribution in [-0.4, -0.2) is 50.6 Å². The van der Waals surface area contributed by atoms with Crippen molar-refractivity contribution in [2.45, 2.75) is 0 Å². The van der Waals surface area contributed by atoms with Crippen molar-refractivity contribution in [3.8, 4) is 0 Å². The molecule has 0 saturated carbocycles. The van der Waals surface area contributed by atoms with Gasteiger partial charge in [0.1, 0.15) is 0 Å². The Kier molecular flexibility index (Phi) is 35.6. The number of rotatable bonds is 4. The van der Waals surface area contributed by atoms with E-state index in [1.807, 2.05) is 0 Å². The van der Waals surface area contributed by atoms with E-state index in [9.17, 15) is 0 Å². The first-order valence-corrected chi connectivity index (χ1v) is 3.34. The molecule has 0 saturated heterocycles. The molecule has 0 amide bonds. The van der Waals surface area contributed by atoms with Crippen LogP contribution in [0.1, 0.15) is 0 Å². The maximum Gasteiger partial charge on any atom is 0.0555 e. The van der Waals surface area contributed by atoms with Crippen molar-refractivity contribution in [3.05, 3.63) is 0 Å². The molecule has 0 rings (SSSR count). The van der Waals surface area contributed by atoms with Gasteiger partial charge in [-0.3, -0.25) is 0 Å². The summed E-state index contributed by atoms with van der Waals surface area (Å²) in [7, 11) is 3.60. The molecule has 0 heterocycles. The number of aliphatic hydroxyl groups excluding tert-OH is 2. The summed E-state index contributed by atoms with van der Waals surface area (Å²) in [5.41, 5.74) is 0. The van der Waals surface area contributed by atoms with Gasteiger partial charge in [-0.05, 0) is 14.1 Å². The summed E-state index contributed by atoms with van der Waals surface area (Å²) in [4.78, 5) is 0. The number of hydrogen-bond donors (Lipinski definition) is 4. The Balaban J connectivity index is -0.000000107. The van der Waals surface area contributed by atoms with E-state index in [1.54, 1.807) is 14.1 Å². The van der Waals surface area contributed by atoms with Gasteiger partial charge in [-0.25, -0.2) is 0 Å². The quantitative estimate of drug-likeness (QED) is 0.425. The minimum absolute atomic E-state index is 0. The Morgan fingerprint density at radius 2 is 1.18 bits per heavy atom. The van der Waals surface area contributed by atoms with E-state index in [2.05, 4.69) is 10.6 Å². The number of hydrogen-bond acceptors (Lipinski definition) is 4. The molecule has 11 heavy (non-hydrogen) atoms. The second-order valence-corrected chi connectivity index (χ2v) is 1.65. The van der Waals surface area contributed by atoms with E-state index in [-0.39, 0.29) is 30.3 Å². The van der Waals surface area contributed by atoms with Gasteiger partial charge >= 0.3 is 0 Å². The van der Waals surface area contributed by atoms with Crippen molar-refractivity contribution in [1.29, 1.82) is 0 Å². The van der Waals surface area contributed by atoms with Crippen LogP contribution in [0.2, 0.25) is 0 Å². The topological polar surface area (TPSA) is 64.5 Å². The summed E-state index contributed by atoms with van der Waals surface area (Å²) >= 11 is 0. The molecule has 1 radical (unpaired) electrons. The van der Waals surface area contributed by atoms with Crippen LogP contribution in [0.25, 0.3) is 0 Å². The molecule has 0 aromatic rings. The average molecular weight is 214 g/mol. The second-order valence-electron chi connectivity index (χ2n) is 1.65. The molecule has 0 aliphatic carbocycles. The first kappa shape index (κ1) is 17.4. The van der Waals surface area contributed by atoms with E-state index in [0.717, 1.165) is 0 Å². The molecule has 0 atom stereocenters. The summed E-state index contributed by atoms with van der Waals surface area (Å²) in [5, 5.41) is 21.5. The van der Waals surface area contributed by atoms with Crippen molar-refractivity contribution in [2.24, 2.45) is 0 Å². The maximum atomic E-state index is 8.00. The molecule has 4 N–H and O–H groups in total. The van der Waals surface area contributed by atoms with Gasteiger partial charge in [0.2, 0.25) is 0 Å². The zero-order valence-electron chi connectivity index (χ0n) is 7.02. The molecule has 0 spiro atoms. The first-order chi connectivity index (χ1) is 4.83. The minimum Gasteiger partial charge on any atom is -0.395 e. The molecule has 0 aliphatic rings. The van der Waals surface area contributed by atoms with Gasteiger partial charge in [0, 0.05) is 30.2 Å². The van der Waals surface area contributed by atoms with Gasteiger partial charge in [-0.2, -0.15) is 0 Å². The van der Waals surface area contributed by atoms with Crippen LogP contribution < -0.4 is 10.6 Å². The molecule has 75 valence electrons. The normalized spacial score (nSPS) is 7.64. The van der Waals surface area contributed by atoms with Crippen molar-refractivity contribution >= 4 is 0 Å². The zero-order chi connectivity index (χ0) is 8.24. The first-order valence-electron chi connectivity index (χ1n) is 3.34. The molecule has 0 fully saturated rings. The Bertz CT molecular complexity index is 39.6. The van der Waals surface area contributed by atoms with E-state index < -0.39 is 0 Å². The summed E-state index contributed by atoms with van der Waals surface area (Å²) < 4.78 is 0. The van der Waals surface area contributed by atoms with Crippen LogP contribution in [0.4, 0.5) is 0 Å². The van der Waals surface area contributed by atoms with Crippen molar-refractivity contribution < 1.29 is 27.3 Å². The third-order valence-electron chi connectivity index (χ3n) is 0.724. The van der Waals surface area contributed by atoms with Crippen molar-refractivity contribution in [2.75, 3.05) is 40.4 Å². The second kappa shape index (κ2) is 22.4. The summed E-state index contributed by atoms with van der Waals surface area (Å²) in [5.74, 6) is 0.